The quantitative estimate of drug-likeness (QED) is 0.759. The van der Waals surface area contributed by atoms with Crippen LogP contribution < -0.4 is 10.1 Å². The van der Waals surface area contributed by atoms with Gasteiger partial charge in [0.25, 0.3) is 0 Å². The number of ether oxygens (including phenoxy) is 1. The minimum Gasteiger partial charge on any atom is -0.489 e. The summed E-state index contributed by atoms with van der Waals surface area (Å²) in [7, 11) is 0. The van der Waals surface area contributed by atoms with E-state index in [1.165, 1.54) is 5.56 Å². The molecule has 0 heterocycles. The number of para-hydroxylation sites is 1. The fourth-order valence-corrected chi connectivity index (χ4v) is 1.89. The second-order valence-corrected chi connectivity index (χ2v) is 5.16. The Labute approximate surface area is 112 Å². The molecule has 0 radical (unpaired) electrons. The molecule has 1 aromatic rings. The van der Waals surface area contributed by atoms with Crippen molar-refractivity contribution < 1.29 is 4.74 Å². The summed E-state index contributed by atoms with van der Waals surface area (Å²) in [6.07, 6.45) is 2.31. The highest BCUT2D eigenvalue weighted by Gasteiger charge is 2.10. The molecular formula is C16H27NO. The molecule has 2 heteroatoms. The highest BCUT2D eigenvalue weighted by molar-refractivity contribution is 5.33. The van der Waals surface area contributed by atoms with Gasteiger partial charge >= 0.3 is 0 Å². The van der Waals surface area contributed by atoms with Crippen molar-refractivity contribution in [2.24, 2.45) is 5.92 Å². The zero-order valence-electron chi connectivity index (χ0n) is 12.2. The summed E-state index contributed by atoms with van der Waals surface area (Å²) in [5, 5.41) is 3.47. The van der Waals surface area contributed by atoms with Gasteiger partial charge in [-0.25, -0.2) is 0 Å². The van der Waals surface area contributed by atoms with Gasteiger partial charge in [0.15, 0.2) is 0 Å². The molecule has 1 N–H and O–H groups in total. The van der Waals surface area contributed by atoms with Crippen LogP contribution in [0.2, 0.25) is 0 Å². The minimum atomic E-state index is 0.261. The molecule has 0 spiro atoms. The van der Waals surface area contributed by atoms with Crippen molar-refractivity contribution in [2.75, 3.05) is 13.1 Å². The third-order valence-electron chi connectivity index (χ3n) is 3.03. The van der Waals surface area contributed by atoms with Crippen LogP contribution in [0.25, 0.3) is 0 Å². The molecule has 0 aliphatic rings. The molecule has 0 amide bonds. The first kappa shape index (κ1) is 15.0. The van der Waals surface area contributed by atoms with Gasteiger partial charge in [0.2, 0.25) is 0 Å². The minimum absolute atomic E-state index is 0.261. The first-order valence-electron chi connectivity index (χ1n) is 7.12. The molecule has 0 saturated heterocycles. The van der Waals surface area contributed by atoms with E-state index in [0.29, 0.717) is 5.92 Å². The normalized spacial score (nSPS) is 12.7. The first-order chi connectivity index (χ1) is 8.67. The Hall–Kier alpha value is -1.02. The Morgan fingerprint density at radius 2 is 1.83 bits per heavy atom. The Balaban J connectivity index is 2.51. The monoisotopic (exact) mass is 249 g/mol. The number of hydrogen-bond donors (Lipinski definition) is 1. The van der Waals surface area contributed by atoms with E-state index in [0.717, 1.165) is 31.7 Å². The molecule has 0 fully saturated rings. The van der Waals surface area contributed by atoms with E-state index >= 15 is 0 Å². The van der Waals surface area contributed by atoms with Crippen molar-refractivity contribution in [3.63, 3.8) is 0 Å². The molecule has 1 unspecified atom stereocenters. The number of nitrogens with one attached hydrogen (secondary N) is 1. The summed E-state index contributed by atoms with van der Waals surface area (Å²) in [6.45, 7) is 10.8. The molecule has 18 heavy (non-hydrogen) atoms. The van der Waals surface area contributed by atoms with Crippen molar-refractivity contribution in [3.05, 3.63) is 29.8 Å². The van der Waals surface area contributed by atoms with E-state index in [4.69, 9.17) is 4.74 Å². The molecule has 1 atom stereocenters. The van der Waals surface area contributed by atoms with Gasteiger partial charge in [-0.2, -0.15) is 0 Å². The van der Waals surface area contributed by atoms with Crippen LogP contribution in [0.4, 0.5) is 0 Å². The van der Waals surface area contributed by atoms with Gasteiger partial charge in [-0.3, -0.25) is 0 Å². The molecule has 2 nitrogen and oxygen atoms in total. The third-order valence-corrected chi connectivity index (χ3v) is 3.03. The summed E-state index contributed by atoms with van der Waals surface area (Å²) < 4.78 is 6.10. The van der Waals surface area contributed by atoms with E-state index in [9.17, 15) is 0 Å². The van der Waals surface area contributed by atoms with Crippen LogP contribution in [0, 0.1) is 5.92 Å². The zero-order valence-corrected chi connectivity index (χ0v) is 12.2. The molecule has 0 bridgehead atoms. The maximum Gasteiger partial charge on any atom is 0.122 e. The van der Waals surface area contributed by atoms with Gasteiger partial charge in [-0.15, -0.1) is 0 Å². The average molecular weight is 249 g/mol. The number of benzene rings is 1. The van der Waals surface area contributed by atoms with Gasteiger partial charge < -0.3 is 10.1 Å². The molecule has 1 rings (SSSR count). The lowest BCUT2D eigenvalue weighted by Gasteiger charge is -2.20. The number of aryl methyl sites for hydroxylation is 1. The second kappa shape index (κ2) is 8.15. The summed E-state index contributed by atoms with van der Waals surface area (Å²) in [5.41, 5.74) is 1.29. The van der Waals surface area contributed by atoms with E-state index in [1.54, 1.807) is 0 Å². The lowest BCUT2D eigenvalue weighted by Crippen LogP contribution is -2.33. The SMILES string of the molecule is CCc1ccccc1OC(CC)CNCC(C)C. The molecule has 0 aromatic heterocycles. The van der Waals surface area contributed by atoms with Crippen LogP contribution >= 0.6 is 0 Å². The maximum absolute atomic E-state index is 6.10. The largest absolute Gasteiger partial charge is 0.489 e. The van der Waals surface area contributed by atoms with E-state index in [1.807, 2.05) is 6.07 Å². The highest BCUT2D eigenvalue weighted by atomic mass is 16.5. The lowest BCUT2D eigenvalue weighted by molar-refractivity contribution is 0.190. The van der Waals surface area contributed by atoms with Crippen LogP contribution in [0.3, 0.4) is 0 Å². The summed E-state index contributed by atoms with van der Waals surface area (Å²) in [4.78, 5) is 0. The van der Waals surface area contributed by atoms with Crippen molar-refractivity contribution >= 4 is 0 Å². The number of hydrogen-bond acceptors (Lipinski definition) is 2. The van der Waals surface area contributed by atoms with Gasteiger partial charge in [-0.05, 0) is 36.9 Å². The van der Waals surface area contributed by atoms with Gasteiger partial charge in [0, 0.05) is 6.54 Å². The molecule has 0 saturated carbocycles. The van der Waals surface area contributed by atoms with Crippen molar-refractivity contribution in [1.82, 2.24) is 5.32 Å². The molecule has 1 aromatic carbocycles. The number of rotatable bonds is 8. The fraction of sp³-hybridized carbons (Fsp3) is 0.625. The summed E-state index contributed by atoms with van der Waals surface area (Å²) in [5.74, 6) is 1.73. The maximum atomic E-state index is 6.10. The van der Waals surface area contributed by atoms with Gasteiger partial charge in [0.1, 0.15) is 11.9 Å². The smallest absolute Gasteiger partial charge is 0.122 e. The average Bonchev–Trinajstić information content (AvgIpc) is 2.37. The predicted octanol–water partition coefficient (Wildman–Crippen LogP) is 3.65. The molecular weight excluding hydrogens is 222 g/mol. The Morgan fingerprint density at radius 3 is 2.44 bits per heavy atom. The topological polar surface area (TPSA) is 21.3 Å². The van der Waals surface area contributed by atoms with Crippen molar-refractivity contribution in [3.8, 4) is 5.75 Å². The lowest BCUT2D eigenvalue weighted by atomic mass is 10.1. The Bertz CT molecular complexity index is 336. The van der Waals surface area contributed by atoms with Crippen LogP contribution in [0.15, 0.2) is 24.3 Å². The Kier molecular flexibility index (Phi) is 6.81. The van der Waals surface area contributed by atoms with Crippen LogP contribution in [0.1, 0.15) is 39.7 Å². The van der Waals surface area contributed by atoms with Gasteiger partial charge in [-0.1, -0.05) is 45.9 Å². The Morgan fingerprint density at radius 1 is 1.11 bits per heavy atom. The van der Waals surface area contributed by atoms with Crippen LogP contribution in [0.5, 0.6) is 5.75 Å². The molecule has 102 valence electrons. The predicted molar refractivity (Wildman–Crippen MR) is 78.2 cm³/mol. The van der Waals surface area contributed by atoms with E-state index < -0.39 is 0 Å². The van der Waals surface area contributed by atoms with E-state index in [-0.39, 0.29) is 6.10 Å². The highest BCUT2D eigenvalue weighted by Crippen LogP contribution is 2.20. The van der Waals surface area contributed by atoms with Gasteiger partial charge in [0.05, 0.1) is 0 Å². The van der Waals surface area contributed by atoms with Crippen LogP contribution in [-0.2, 0) is 6.42 Å². The van der Waals surface area contributed by atoms with Crippen LogP contribution in [-0.4, -0.2) is 19.2 Å². The van der Waals surface area contributed by atoms with Crippen molar-refractivity contribution in [1.29, 1.82) is 0 Å². The second-order valence-electron chi connectivity index (χ2n) is 5.16. The summed E-state index contributed by atoms with van der Waals surface area (Å²) in [6, 6.07) is 8.33. The third kappa shape index (κ3) is 5.09. The van der Waals surface area contributed by atoms with E-state index in [2.05, 4.69) is 51.2 Å². The fourth-order valence-electron chi connectivity index (χ4n) is 1.89. The molecule has 0 aliphatic carbocycles. The van der Waals surface area contributed by atoms with Crippen molar-refractivity contribution in [2.45, 2.75) is 46.6 Å². The summed E-state index contributed by atoms with van der Waals surface area (Å²) >= 11 is 0. The zero-order chi connectivity index (χ0) is 13.4. The molecule has 0 aliphatic heterocycles. The standard InChI is InChI=1S/C16H27NO/c1-5-14-9-7-8-10-16(14)18-15(6-2)12-17-11-13(3)4/h7-10,13,15,17H,5-6,11-12H2,1-4H3. The first-order valence-corrected chi connectivity index (χ1v) is 7.12.